The van der Waals surface area contributed by atoms with Crippen LogP contribution in [0.3, 0.4) is 0 Å². The first-order valence-corrected chi connectivity index (χ1v) is 10.7. The number of halogens is 1. The maximum Gasteiger partial charge on any atom is 0.291 e. The van der Waals surface area contributed by atoms with Gasteiger partial charge in [-0.2, -0.15) is 0 Å². The van der Waals surface area contributed by atoms with Crippen LogP contribution in [-0.2, 0) is 0 Å². The van der Waals surface area contributed by atoms with Gasteiger partial charge in [0.1, 0.15) is 0 Å². The van der Waals surface area contributed by atoms with Gasteiger partial charge in [-0.05, 0) is 37.5 Å². The molecule has 2 aromatic heterocycles. The van der Waals surface area contributed by atoms with Gasteiger partial charge < -0.3 is 14.2 Å². The predicted molar refractivity (Wildman–Crippen MR) is 121 cm³/mol. The van der Waals surface area contributed by atoms with Gasteiger partial charge in [0, 0.05) is 56.8 Å². The minimum absolute atomic E-state index is 0.0920. The van der Waals surface area contributed by atoms with Gasteiger partial charge >= 0.3 is 0 Å². The lowest BCUT2D eigenvalue weighted by Crippen LogP contribution is -2.39. The van der Waals surface area contributed by atoms with Gasteiger partial charge in [0.15, 0.2) is 5.89 Å². The molecule has 1 amide bonds. The first-order chi connectivity index (χ1) is 14.8. The lowest BCUT2D eigenvalue weighted by Gasteiger charge is -2.33. The van der Waals surface area contributed by atoms with Crippen molar-refractivity contribution in [2.75, 3.05) is 32.1 Å². The largest absolute Gasteiger partial charge is 0.436 e. The number of amides is 1. The molecule has 162 valence electrons. The average molecular weight is 440 g/mol. The number of oxazole rings is 1. The molecular weight excluding hydrogens is 414 g/mol. The van der Waals surface area contributed by atoms with Crippen LogP contribution in [-0.4, -0.2) is 52.9 Å². The second kappa shape index (κ2) is 8.67. The van der Waals surface area contributed by atoms with Crippen molar-refractivity contribution in [3.8, 4) is 11.1 Å². The summed E-state index contributed by atoms with van der Waals surface area (Å²) in [6.45, 7) is 4.82. The summed E-state index contributed by atoms with van der Waals surface area (Å²) in [7, 11) is 3.85. The quantitative estimate of drug-likeness (QED) is 0.596. The predicted octanol–water partition coefficient (Wildman–Crippen LogP) is 4.49. The fourth-order valence-electron chi connectivity index (χ4n) is 4.02. The van der Waals surface area contributed by atoms with Crippen LogP contribution >= 0.6 is 11.6 Å². The Kier molecular flexibility index (Phi) is 5.96. The smallest absolute Gasteiger partial charge is 0.291 e. The monoisotopic (exact) mass is 439 g/mol. The van der Waals surface area contributed by atoms with Gasteiger partial charge in [-0.25, -0.2) is 15.0 Å². The van der Waals surface area contributed by atoms with Crippen LogP contribution in [0.4, 0.5) is 5.95 Å². The normalized spacial score (nSPS) is 16.4. The molecule has 1 aromatic carbocycles. The average Bonchev–Trinajstić information content (AvgIpc) is 3.11. The van der Waals surface area contributed by atoms with E-state index in [4.69, 9.17) is 21.0 Å². The molecule has 3 heterocycles. The van der Waals surface area contributed by atoms with Crippen LogP contribution in [0.25, 0.3) is 11.1 Å². The molecule has 4 rings (SSSR count). The Morgan fingerprint density at radius 1 is 1.19 bits per heavy atom. The van der Waals surface area contributed by atoms with Crippen LogP contribution in [0, 0.1) is 13.8 Å². The highest BCUT2D eigenvalue weighted by molar-refractivity contribution is 6.30. The van der Waals surface area contributed by atoms with E-state index in [1.54, 1.807) is 13.8 Å². The molecule has 1 atom stereocenters. The summed E-state index contributed by atoms with van der Waals surface area (Å²) in [6.07, 6.45) is 3.71. The number of hydrogen-bond donors (Lipinski definition) is 0. The van der Waals surface area contributed by atoms with Crippen molar-refractivity contribution in [3.05, 3.63) is 58.5 Å². The Morgan fingerprint density at radius 3 is 2.58 bits per heavy atom. The van der Waals surface area contributed by atoms with E-state index in [1.807, 2.05) is 54.4 Å². The number of likely N-dealkylation sites (tertiary alicyclic amines) is 1. The lowest BCUT2D eigenvalue weighted by molar-refractivity contribution is 0.0671. The molecule has 1 unspecified atom stereocenters. The van der Waals surface area contributed by atoms with Crippen LogP contribution in [0.15, 0.2) is 34.9 Å². The summed E-state index contributed by atoms with van der Waals surface area (Å²) in [5, 5.41) is 0.684. The Bertz CT molecular complexity index is 1090. The van der Waals surface area contributed by atoms with Crippen LogP contribution in [0.2, 0.25) is 5.02 Å². The number of carbonyl (C=O) groups excluding carboxylic acids is 1. The van der Waals surface area contributed by atoms with Gasteiger partial charge in [-0.15, -0.1) is 0 Å². The SMILES string of the molecule is Cc1nc(C)c(C(=O)N2CCCC(c3nc(N(C)C)ncc3-c3ccc(Cl)cc3)C2)o1. The van der Waals surface area contributed by atoms with E-state index in [0.29, 0.717) is 41.4 Å². The van der Waals surface area contributed by atoms with E-state index in [-0.39, 0.29) is 11.8 Å². The molecule has 0 radical (unpaired) electrons. The van der Waals surface area contributed by atoms with Crippen LogP contribution in [0.1, 0.15) is 46.6 Å². The van der Waals surface area contributed by atoms with Crippen molar-refractivity contribution in [1.29, 1.82) is 0 Å². The number of hydrogen-bond acceptors (Lipinski definition) is 6. The van der Waals surface area contributed by atoms with Crippen molar-refractivity contribution in [2.45, 2.75) is 32.6 Å². The van der Waals surface area contributed by atoms with Crippen molar-refractivity contribution >= 4 is 23.5 Å². The molecule has 31 heavy (non-hydrogen) atoms. The third-order valence-electron chi connectivity index (χ3n) is 5.55. The number of anilines is 1. The number of rotatable bonds is 4. The van der Waals surface area contributed by atoms with Crippen molar-refractivity contribution in [3.63, 3.8) is 0 Å². The standard InChI is InChI=1S/C23H26ClN5O2/c1-14-21(31-15(2)26-14)22(30)29-11-5-6-17(13-29)20-19(12-25-23(27-20)28(3)4)16-7-9-18(24)10-8-16/h7-10,12,17H,5-6,11,13H2,1-4H3. The summed E-state index contributed by atoms with van der Waals surface area (Å²) in [4.78, 5) is 30.5. The Hall–Kier alpha value is -2.93. The zero-order valence-electron chi connectivity index (χ0n) is 18.2. The van der Waals surface area contributed by atoms with E-state index < -0.39 is 0 Å². The van der Waals surface area contributed by atoms with Gasteiger partial charge in [0.25, 0.3) is 5.91 Å². The van der Waals surface area contributed by atoms with Crippen molar-refractivity contribution in [2.24, 2.45) is 0 Å². The summed E-state index contributed by atoms with van der Waals surface area (Å²) >= 11 is 6.08. The van der Waals surface area contributed by atoms with Crippen LogP contribution < -0.4 is 4.90 Å². The van der Waals surface area contributed by atoms with Gasteiger partial charge in [0.05, 0.1) is 11.4 Å². The molecule has 1 aliphatic heterocycles. The van der Waals surface area contributed by atoms with Crippen molar-refractivity contribution in [1.82, 2.24) is 19.9 Å². The third kappa shape index (κ3) is 4.42. The van der Waals surface area contributed by atoms with E-state index in [2.05, 4.69) is 9.97 Å². The minimum Gasteiger partial charge on any atom is -0.436 e. The molecule has 1 aliphatic rings. The van der Waals surface area contributed by atoms with E-state index in [1.165, 1.54) is 0 Å². The zero-order valence-corrected chi connectivity index (χ0v) is 19.0. The Balaban J connectivity index is 1.68. The fourth-order valence-corrected chi connectivity index (χ4v) is 4.15. The summed E-state index contributed by atoms with van der Waals surface area (Å²) in [6, 6.07) is 7.69. The maximum absolute atomic E-state index is 13.1. The molecule has 0 saturated carbocycles. The number of piperidine rings is 1. The minimum atomic E-state index is -0.113. The number of aryl methyl sites for hydroxylation is 2. The Morgan fingerprint density at radius 2 is 1.94 bits per heavy atom. The second-order valence-electron chi connectivity index (χ2n) is 8.11. The molecule has 0 aliphatic carbocycles. The van der Waals surface area contributed by atoms with Gasteiger partial charge in [-0.1, -0.05) is 23.7 Å². The highest BCUT2D eigenvalue weighted by Gasteiger charge is 2.31. The molecule has 3 aromatic rings. The number of carbonyl (C=O) groups is 1. The molecule has 7 nitrogen and oxygen atoms in total. The highest BCUT2D eigenvalue weighted by Crippen LogP contribution is 2.35. The van der Waals surface area contributed by atoms with Crippen molar-refractivity contribution < 1.29 is 9.21 Å². The van der Waals surface area contributed by atoms with Crippen LogP contribution in [0.5, 0.6) is 0 Å². The maximum atomic E-state index is 13.1. The molecular formula is C23H26ClN5O2. The second-order valence-corrected chi connectivity index (χ2v) is 8.54. The molecule has 0 N–H and O–H groups in total. The summed E-state index contributed by atoms with van der Waals surface area (Å²) in [5.74, 6) is 1.46. The number of benzene rings is 1. The molecule has 1 fully saturated rings. The topological polar surface area (TPSA) is 75.4 Å². The Labute approximate surface area is 187 Å². The fraction of sp³-hybridized carbons (Fsp3) is 0.391. The molecule has 8 heteroatoms. The van der Waals surface area contributed by atoms with Gasteiger partial charge in [0.2, 0.25) is 11.7 Å². The zero-order chi connectivity index (χ0) is 22.1. The first kappa shape index (κ1) is 21.3. The number of nitrogens with zero attached hydrogens (tertiary/aromatic N) is 5. The molecule has 0 spiro atoms. The van der Waals surface area contributed by atoms with E-state index >= 15 is 0 Å². The molecule has 1 saturated heterocycles. The highest BCUT2D eigenvalue weighted by atomic mass is 35.5. The number of aromatic nitrogens is 3. The van der Waals surface area contributed by atoms with E-state index in [0.717, 1.165) is 29.7 Å². The van der Waals surface area contributed by atoms with E-state index in [9.17, 15) is 4.79 Å². The molecule has 0 bridgehead atoms. The summed E-state index contributed by atoms with van der Waals surface area (Å²) < 4.78 is 5.58. The third-order valence-corrected chi connectivity index (χ3v) is 5.81. The summed E-state index contributed by atoms with van der Waals surface area (Å²) in [5.41, 5.74) is 3.55. The lowest BCUT2D eigenvalue weighted by atomic mass is 9.89. The van der Waals surface area contributed by atoms with Gasteiger partial charge in [-0.3, -0.25) is 4.79 Å². The first-order valence-electron chi connectivity index (χ1n) is 10.4.